The van der Waals surface area contributed by atoms with Crippen molar-refractivity contribution in [3.63, 3.8) is 0 Å². The summed E-state index contributed by atoms with van der Waals surface area (Å²) in [5.74, 6) is 0. The zero-order valence-electron chi connectivity index (χ0n) is 8.48. The van der Waals surface area contributed by atoms with E-state index >= 15 is 0 Å². The molecule has 0 aliphatic carbocycles. The smallest absolute Gasteiger partial charge is 0.0943 e. The molecule has 1 aromatic rings. The number of aliphatic hydroxyl groups excluding tert-OH is 1. The summed E-state index contributed by atoms with van der Waals surface area (Å²) in [6.45, 7) is 2.16. The fraction of sp³-hybridized carbons (Fsp3) is 0.500. The van der Waals surface area contributed by atoms with E-state index in [1.54, 1.807) is 0 Å². The lowest BCUT2D eigenvalue weighted by molar-refractivity contribution is 0.135. The number of nitrogens with one attached hydrogen (secondary N) is 1. The lowest BCUT2D eigenvalue weighted by Gasteiger charge is -2.19. The third-order valence-electron chi connectivity index (χ3n) is 2.93. The van der Waals surface area contributed by atoms with Crippen LogP contribution >= 0.6 is 0 Å². The van der Waals surface area contributed by atoms with Crippen LogP contribution in [0.4, 0.5) is 0 Å². The van der Waals surface area contributed by atoms with Crippen LogP contribution < -0.4 is 5.32 Å². The molecule has 76 valence electrons. The summed E-state index contributed by atoms with van der Waals surface area (Å²) in [5, 5.41) is 13.5. The maximum atomic E-state index is 10.1. The van der Waals surface area contributed by atoms with Crippen LogP contribution in [0.3, 0.4) is 0 Å². The molecule has 0 spiro atoms. The van der Waals surface area contributed by atoms with Gasteiger partial charge in [-0.2, -0.15) is 0 Å². The number of hydrogen-bond donors (Lipinski definition) is 2. The van der Waals surface area contributed by atoms with Crippen molar-refractivity contribution in [3.05, 3.63) is 35.9 Å². The normalized spacial score (nSPS) is 29.0. The fourth-order valence-electron chi connectivity index (χ4n) is 2.09. The lowest BCUT2D eigenvalue weighted by atomic mass is 10.0. The molecule has 0 bridgehead atoms. The molecular formula is C12H17NO. The molecule has 1 aliphatic heterocycles. The molecule has 2 N–H and O–H groups in total. The van der Waals surface area contributed by atoms with E-state index in [1.165, 1.54) is 0 Å². The minimum atomic E-state index is -0.360. The zero-order valence-corrected chi connectivity index (χ0v) is 8.48. The van der Waals surface area contributed by atoms with E-state index in [9.17, 15) is 5.11 Å². The molecule has 0 radical (unpaired) electrons. The Labute approximate surface area is 85.0 Å². The number of rotatable bonds is 2. The Balaban J connectivity index is 2.05. The topological polar surface area (TPSA) is 32.3 Å². The van der Waals surface area contributed by atoms with Crippen LogP contribution in [0.5, 0.6) is 0 Å². The van der Waals surface area contributed by atoms with Crippen molar-refractivity contribution < 1.29 is 5.11 Å². The van der Waals surface area contributed by atoms with E-state index in [-0.39, 0.29) is 12.1 Å². The number of hydrogen-bond acceptors (Lipinski definition) is 2. The monoisotopic (exact) mass is 191 g/mol. The highest BCUT2D eigenvalue weighted by molar-refractivity contribution is 5.19. The third kappa shape index (κ3) is 1.97. The molecule has 1 aromatic carbocycles. The van der Waals surface area contributed by atoms with Gasteiger partial charge in [-0.25, -0.2) is 0 Å². The molecule has 1 unspecified atom stereocenters. The van der Waals surface area contributed by atoms with Gasteiger partial charge in [0.25, 0.3) is 0 Å². The average Bonchev–Trinajstić information content (AvgIpc) is 2.65. The first kappa shape index (κ1) is 9.69. The van der Waals surface area contributed by atoms with Gasteiger partial charge in [-0.15, -0.1) is 0 Å². The van der Waals surface area contributed by atoms with Gasteiger partial charge in [0.05, 0.1) is 6.10 Å². The van der Waals surface area contributed by atoms with Crippen molar-refractivity contribution >= 4 is 0 Å². The van der Waals surface area contributed by atoms with Crippen molar-refractivity contribution in [1.29, 1.82) is 0 Å². The molecule has 1 fully saturated rings. The highest BCUT2D eigenvalue weighted by atomic mass is 16.3. The molecule has 2 rings (SSSR count). The lowest BCUT2D eigenvalue weighted by Crippen LogP contribution is -2.32. The summed E-state index contributed by atoms with van der Waals surface area (Å²) >= 11 is 0. The fourth-order valence-corrected chi connectivity index (χ4v) is 2.09. The van der Waals surface area contributed by atoms with E-state index in [2.05, 4.69) is 12.2 Å². The van der Waals surface area contributed by atoms with Crippen LogP contribution in [0.15, 0.2) is 30.3 Å². The number of benzene rings is 1. The first-order chi connectivity index (χ1) is 6.77. The molecule has 0 saturated carbocycles. The number of aliphatic hydroxyl groups is 1. The summed E-state index contributed by atoms with van der Waals surface area (Å²) in [7, 11) is 0. The van der Waals surface area contributed by atoms with Gasteiger partial charge < -0.3 is 10.4 Å². The molecule has 1 saturated heterocycles. The molecule has 2 nitrogen and oxygen atoms in total. The Bertz CT molecular complexity index is 286. The second-order valence-corrected chi connectivity index (χ2v) is 4.11. The van der Waals surface area contributed by atoms with Crippen molar-refractivity contribution in [2.24, 2.45) is 0 Å². The molecule has 3 atom stereocenters. The van der Waals surface area contributed by atoms with Crippen molar-refractivity contribution in [3.8, 4) is 0 Å². The standard InChI is InChI=1S/C12H17NO/c1-9-7-8-11(13-9)12(14)10-5-3-2-4-6-10/h2-6,9,11-14H,7-8H2,1H3/t9-,11-,12?/m0/s1. The van der Waals surface area contributed by atoms with Crippen LogP contribution in [-0.4, -0.2) is 17.2 Å². The van der Waals surface area contributed by atoms with Crippen molar-refractivity contribution in [2.45, 2.75) is 38.0 Å². The van der Waals surface area contributed by atoms with Gasteiger partial charge in [0, 0.05) is 12.1 Å². The quantitative estimate of drug-likeness (QED) is 0.748. The highest BCUT2D eigenvalue weighted by Gasteiger charge is 2.27. The van der Waals surface area contributed by atoms with E-state index in [0.29, 0.717) is 6.04 Å². The predicted octanol–water partition coefficient (Wildman–Crippen LogP) is 1.86. The van der Waals surface area contributed by atoms with Gasteiger partial charge in [-0.05, 0) is 25.3 Å². The Morgan fingerprint density at radius 3 is 2.57 bits per heavy atom. The summed E-state index contributed by atoms with van der Waals surface area (Å²) in [6, 6.07) is 10.6. The third-order valence-corrected chi connectivity index (χ3v) is 2.93. The van der Waals surface area contributed by atoms with Gasteiger partial charge in [0.1, 0.15) is 0 Å². The maximum absolute atomic E-state index is 10.1. The van der Waals surface area contributed by atoms with Gasteiger partial charge in [-0.3, -0.25) is 0 Å². The Morgan fingerprint density at radius 1 is 1.29 bits per heavy atom. The van der Waals surface area contributed by atoms with Crippen molar-refractivity contribution in [1.82, 2.24) is 5.32 Å². The summed E-state index contributed by atoms with van der Waals surface area (Å²) in [6.07, 6.45) is 1.87. The van der Waals surface area contributed by atoms with Gasteiger partial charge >= 0.3 is 0 Å². The average molecular weight is 191 g/mol. The van der Waals surface area contributed by atoms with E-state index in [0.717, 1.165) is 18.4 Å². The largest absolute Gasteiger partial charge is 0.387 e. The molecule has 2 heteroatoms. The van der Waals surface area contributed by atoms with E-state index < -0.39 is 0 Å². The second-order valence-electron chi connectivity index (χ2n) is 4.11. The van der Waals surface area contributed by atoms with Crippen LogP contribution in [0.1, 0.15) is 31.4 Å². The van der Waals surface area contributed by atoms with Crippen LogP contribution in [0, 0.1) is 0 Å². The maximum Gasteiger partial charge on any atom is 0.0943 e. The zero-order chi connectivity index (χ0) is 9.97. The summed E-state index contributed by atoms with van der Waals surface area (Å²) in [4.78, 5) is 0. The molecular weight excluding hydrogens is 174 g/mol. The van der Waals surface area contributed by atoms with Gasteiger partial charge in [0.2, 0.25) is 0 Å². The van der Waals surface area contributed by atoms with Crippen molar-refractivity contribution in [2.75, 3.05) is 0 Å². The Hall–Kier alpha value is -0.860. The van der Waals surface area contributed by atoms with E-state index in [1.807, 2.05) is 30.3 Å². The molecule has 0 aromatic heterocycles. The minimum absolute atomic E-state index is 0.229. The Morgan fingerprint density at radius 2 is 2.00 bits per heavy atom. The van der Waals surface area contributed by atoms with Gasteiger partial charge in [0.15, 0.2) is 0 Å². The second kappa shape index (κ2) is 4.11. The molecule has 0 amide bonds. The first-order valence-electron chi connectivity index (χ1n) is 5.26. The van der Waals surface area contributed by atoms with Gasteiger partial charge in [-0.1, -0.05) is 30.3 Å². The Kier molecular flexibility index (Phi) is 2.85. The van der Waals surface area contributed by atoms with Crippen LogP contribution in [-0.2, 0) is 0 Å². The van der Waals surface area contributed by atoms with E-state index in [4.69, 9.17) is 0 Å². The van der Waals surface area contributed by atoms with Crippen LogP contribution in [0.25, 0.3) is 0 Å². The first-order valence-corrected chi connectivity index (χ1v) is 5.26. The predicted molar refractivity (Wildman–Crippen MR) is 57.0 cm³/mol. The highest BCUT2D eigenvalue weighted by Crippen LogP contribution is 2.24. The molecule has 1 heterocycles. The minimum Gasteiger partial charge on any atom is -0.387 e. The SMILES string of the molecule is C[C@H]1CC[C@@H](C(O)c2ccccc2)N1. The van der Waals surface area contributed by atoms with Crippen LogP contribution in [0.2, 0.25) is 0 Å². The summed E-state index contributed by atoms with van der Waals surface area (Å²) in [5.41, 5.74) is 1.01. The molecule has 1 aliphatic rings. The molecule has 14 heavy (non-hydrogen) atoms. The summed E-state index contributed by atoms with van der Waals surface area (Å²) < 4.78 is 0.